The highest BCUT2D eigenvalue weighted by Gasteiger charge is 2.25. The quantitative estimate of drug-likeness (QED) is 0.759. The number of methoxy groups -OCH3 is 3. The zero-order valence-electron chi connectivity index (χ0n) is 17.5. The van der Waals surface area contributed by atoms with Crippen LogP contribution in [0.2, 0.25) is 0 Å². The Morgan fingerprint density at radius 1 is 1.07 bits per heavy atom. The third-order valence-corrected chi connectivity index (χ3v) is 5.74. The third kappa shape index (κ3) is 4.83. The molecule has 7 heteroatoms. The van der Waals surface area contributed by atoms with Crippen molar-refractivity contribution in [2.75, 3.05) is 41.0 Å². The first-order valence-corrected chi connectivity index (χ1v) is 10.1. The summed E-state index contributed by atoms with van der Waals surface area (Å²) in [4.78, 5) is 26.4. The molecule has 1 aromatic carbocycles. The molecule has 158 valence electrons. The monoisotopic (exact) mass is 402 g/mol. The molecule has 0 bridgehead atoms. The van der Waals surface area contributed by atoms with Crippen LogP contribution < -0.4 is 19.5 Å². The molecule has 0 radical (unpaired) electrons. The minimum Gasteiger partial charge on any atom is -0.496 e. The van der Waals surface area contributed by atoms with Gasteiger partial charge in [0.2, 0.25) is 11.8 Å². The van der Waals surface area contributed by atoms with Gasteiger partial charge in [0.25, 0.3) is 0 Å². The van der Waals surface area contributed by atoms with Crippen molar-refractivity contribution in [3.05, 3.63) is 23.8 Å². The summed E-state index contributed by atoms with van der Waals surface area (Å²) in [5.74, 6) is 2.04. The van der Waals surface area contributed by atoms with Crippen molar-refractivity contribution in [2.24, 2.45) is 5.92 Å². The Balaban J connectivity index is 1.64. The Hall–Kier alpha value is -2.70. The summed E-state index contributed by atoms with van der Waals surface area (Å²) >= 11 is 0. The number of carbonyl (C=O) groups is 2. The van der Waals surface area contributed by atoms with Gasteiger partial charge in [-0.3, -0.25) is 9.59 Å². The Labute approximate surface area is 172 Å². The van der Waals surface area contributed by atoms with Gasteiger partial charge in [-0.2, -0.15) is 0 Å². The zero-order chi connectivity index (χ0) is 20.8. The Bertz CT molecular complexity index is 758. The molecular formula is C22H30N2O5. The van der Waals surface area contributed by atoms with E-state index < -0.39 is 0 Å². The van der Waals surface area contributed by atoms with Crippen molar-refractivity contribution in [1.29, 1.82) is 0 Å². The first-order valence-electron chi connectivity index (χ1n) is 10.1. The van der Waals surface area contributed by atoms with E-state index in [2.05, 4.69) is 5.32 Å². The molecule has 0 aromatic heterocycles. The van der Waals surface area contributed by atoms with Gasteiger partial charge in [-0.15, -0.1) is 0 Å². The van der Waals surface area contributed by atoms with Gasteiger partial charge in [-0.05, 0) is 24.8 Å². The van der Waals surface area contributed by atoms with Crippen LogP contribution in [0.4, 0.5) is 0 Å². The number of hydrogen-bond donors (Lipinski definition) is 1. The minimum atomic E-state index is -0.0553. The molecule has 3 rings (SSSR count). The molecule has 0 saturated heterocycles. The molecule has 1 fully saturated rings. The third-order valence-electron chi connectivity index (χ3n) is 5.74. The second kappa shape index (κ2) is 9.67. The summed E-state index contributed by atoms with van der Waals surface area (Å²) in [7, 11) is 4.83. The molecule has 1 saturated carbocycles. The van der Waals surface area contributed by atoms with Crippen molar-refractivity contribution >= 4 is 17.4 Å². The van der Waals surface area contributed by atoms with E-state index in [4.69, 9.17) is 14.2 Å². The van der Waals surface area contributed by atoms with Gasteiger partial charge >= 0.3 is 0 Å². The average molecular weight is 402 g/mol. The molecule has 1 aliphatic carbocycles. The number of ether oxygens (including phenoxy) is 3. The molecule has 1 aliphatic heterocycles. The van der Waals surface area contributed by atoms with Gasteiger partial charge in [-0.25, -0.2) is 0 Å². The lowest BCUT2D eigenvalue weighted by atomic mass is 9.97. The van der Waals surface area contributed by atoms with Gasteiger partial charge in [0.1, 0.15) is 17.2 Å². The van der Waals surface area contributed by atoms with Gasteiger partial charge in [0.05, 0.1) is 33.4 Å². The van der Waals surface area contributed by atoms with Gasteiger partial charge in [0, 0.05) is 31.1 Å². The summed E-state index contributed by atoms with van der Waals surface area (Å²) in [5.41, 5.74) is 1.96. The molecular weight excluding hydrogens is 372 g/mol. The smallest absolute Gasteiger partial charge is 0.242 e. The fraction of sp³-hybridized carbons (Fsp3) is 0.545. The topological polar surface area (TPSA) is 77.1 Å². The molecule has 1 aromatic rings. The van der Waals surface area contributed by atoms with E-state index in [-0.39, 0.29) is 24.3 Å². The second-order valence-electron chi connectivity index (χ2n) is 7.43. The van der Waals surface area contributed by atoms with Crippen LogP contribution in [0.3, 0.4) is 0 Å². The lowest BCUT2D eigenvalue weighted by Crippen LogP contribution is -2.43. The highest BCUT2D eigenvalue weighted by atomic mass is 16.5. The van der Waals surface area contributed by atoms with Crippen molar-refractivity contribution in [3.63, 3.8) is 0 Å². The van der Waals surface area contributed by atoms with E-state index >= 15 is 0 Å². The summed E-state index contributed by atoms with van der Waals surface area (Å²) in [6.45, 7) is 1.14. The molecule has 0 atom stereocenters. The molecule has 0 unspecified atom stereocenters. The van der Waals surface area contributed by atoms with Crippen LogP contribution in [0.25, 0.3) is 5.57 Å². The Kier molecular flexibility index (Phi) is 7.01. The van der Waals surface area contributed by atoms with E-state index in [9.17, 15) is 9.59 Å². The van der Waals surface area contributed by atoms with Crippen LogP contribution >= 0.6 is 0 Å². The van der Waals surface area contributed by atoms with E-state index in [0.29, 0.717) is 36.8 Å². The van der Waals surface area contributed by atoms with Gasteiger partial charge < -0.3 is 24.4 Å². The molecule has 2 amide bonds. The number of amides is 2. The van der Waals surface area contributed by atoms with Crippen molar-refractivity contribution < 1.29 is 23.8 Å². The van der Waals surface area contributed by atoms with E-state index in [1.54, 1.807) is 26.2 Å². The lowest BCUT2D eigenvalue weighted by Gasteiger charge is -2.28. The summed E-state index contributed by atoms with van der Waals surface area (Å²) < 4.78 is 16.4. The molecule has 0 spiro atoms. The fourth-order valence-electron chi connectivity index (χ4n) is 4.05. The number of hydrogen-bond acceptors (Lipinski definition) is 5. The normalized spacial score (nSPS) is 16.9. The number of rotatable bonds is 7. The predicted octanol–water partition coefficient (Wildman–Crippen LogP) is 2.63. The van der Waals surface area contributed by atoms with Gasteiger partial charge in [0.15, 0.2) is 0 Å². The SMILES string of the molecule is COc1cc(OC)c(C2=CCN(C(=O)CNC(=O)C3CCCC3)CC2)c(OC)c1. The molecule has 1 heterocycles. The van der Waals surface area contributed by atoms with Crippen LogP contribution in [-0.2, 0) is 9.59 Å². The summed E-state index contributed by atoms with van der Waals surface area (Å²) in [6.07, 6.45) is 6.77. The number of nitrogens with zero attached hydrogens (tertiary/aromatic N) is 1. The Morgan fingerprint density at radius 2 is 1.72 bits per heavy atom. The predicted molar refractivity (Wildman–Crippen MR) is 110 cm³/mol. The Morgan fingerprint density at radius 3 is 2.24 bits per heavy atom. The zero-order valence-corrected chi connectivity index (χ0v) is 17.5. The average Bonchev–Trinajstić information content (AvgIpc) is 3.31. The van der Waals surface area contributed by atoms with Crippen LogP contribution in [-0.4, -0.2) is 57.7 Å². The summed E-state index contributed by atoms with van der Waals surface area (Å²) in [5, 5.41) is 2.81. The lowest BCUT2D eigenvalue weighted by molar-refractivity contribution is -0.133. The molecule has 2 aliphatic rings. The van der Waals surface area contributed by atoms with Crippen molar-refractivity contribution in [1.82, 2.24) is 10.2 Å². The van der Waals surface area contributed by atoms with E-state index in [0.717, 1.165) is 36.8 Å². The standard InChI is InChI=1S/C22H30N2O5/c1-27-17-12-18(28-2)21(19(13-17)29-3)15-8-10-24(11-9-15)20(25)14-23-22(26)16-6-4-5-7-16/h8,12-13,16H,4-7,9-11,14H2,1-3H3,(H,23,26). The molecule has 1 N–H and O–H groups in total. The molecule has 29 heavy (non-hydrogen) atoms. The van der Waals surface area contributed by atoms with E-state index in [1.807, 2.05) is 18.2 Å². The van der Waals surface area contributed by atoms with Crippen LogP contribution in [0.15, 0.2) is 18.2 Å². The number of nitrogens with one attached hydrogen (secondary N) is 1. The van der Waals surface area contributed by atoms with Crippen molar-refractivity contribution in [3.8, 4) is 17.2 Å². The minimum absolute atomic E-state index is 0.0109. The largest absolute Gasteiger partial charge is 0.496 e. The maximum Gasteiger partial charge on any atom is 0.242 e. The first-order chi connectivity index (χ1) is 14.1. The number of carbonyl (C=O) groups excluding carboxylic acids is 2. The molecule has 7 nitrogen and oxygen atoms in total. The van der Waals surface area contributed by atoms with Crippen LogP contribution in [0.5, 0.6) is 17.2 Å². The summed E-state index contributed by atoms with van der Waals surface area (Å²) in [6, 6.07) is 3.66. The number of benzene rings is 1. The van der Waals surface area contributed by atoms with Gasteiger partial charge in [-0.1, -0.05) is 18.9 Å². The second-order valence-corrected chi connectivity index (χ2v) is 7.43. The van der Waals surface area contributed by atoms with Crippen molar-refractivity contribution in [2.45, 2.75) is 32.1 Å². The fourth-order valence-corrected chi connectivity index (χ4v) is 4.05. The maximum absolute atomic E-state index is 12.5. The highest BCUT2D eigenvalue weighted by Crippen LogP contribution is 2.40. The first kappa shape index (κ1) is 21.0. The van der Waals surface area contributed by atoms with E-state index in [1.165, 1.54) is 0 Å². The van der Waals surface area contributed by atoms with Crippen LogP contribution in [0, 0.1) is 5.92 Å². The highest BCUT2D eigenvalue weighted by molar-refractivity contribution is 5.87. The van der Waals surface area contributed by atoms with Crippen LogP contribution in [0.1, 0.15) is 37.7 Å². The maximum atomic E-state index is 12.5.